The molecule has 5 heteroatoms. The molecule has 0 amide bonds. The molecule has 11 heavy (non-hydrogen) atoms. The molecule has 2 N–H and O–H groups in total. The van der Waals surface area contributed by atoms with Crippen molar-refractivity contribution in [3.8, 4) is 0 Å². The van der Waals surface area contributed by atoms with Crippen LogP contribution in [0.3, 0.4) is 0 Å². The van der Waals surface area contributed by atoms with Crippen LogP contribution >= 0.6 is 0 Å². The van der Waals surface area contributed by atoms with Crippen LogP contribution in [0.4, 0.5) is 0 Å². The number of nitrogens with two attached hydrogens (primary N) is 1. The Balaban J connectivity index is 2.71. The van der Waals surface area contributed by atoms with Crippen molar-refractivity contribution in [2.45, 2.75) is 31.1 Å². The van der Waals surface area contributed by atoms with Crippen molar-refractivity contribution < 1.29 is 13.2 Å². The second kappa shape index (κ2) is 2.43. The van der Waals surface area contributed by atoms with Gasteiger partial charge in [-0.15, -0.1) is 0 Å². The summed E-state index contributed by atoms with van der Waals surface area (Å²) < 4.78 is 26.9. The molecule has 1 aliphatic heterocycles. The lowest BCUT2D eigenvalue weighted by Gasteiger charge is -2.14. The van der Waals surface area contributed by atoms with Crippen molar-refractivity contribution in [2.24, 2.45) is 5.14 Å². The second-order valence-corrected chi connectivity index (χ2v) is 5.33. The van der Waals surface area contributed by atoms with E-state index >= 15 is 0 Å². The van der Waals surface area contributed by atoms with E-state index in [1.165, 1.54) is 0 Å². The molecule has 1 aliphatic rings. The van der Waals surface area contributed by atoms with E-state index < -0.39 is 15.3 Å². The normalized spacial score (nSPS) is 30.6. The van der Waals surface area contributed by atoms with Gasteiger partial charge < -0.3 is 4.74 Å². The summed E-state index contributed by atoms with van der Waals surface area (Å²) >= 11 is 0. The number of sulfonamides is 1. The SMILES string of the molecule is CC1(C)C[C@H](S(N)(=O)=O)CO1. The van der Waals surface area contributed by atoms with Gasteiger partial charge in [0.25, 0.3) is 0 Å². The largest absolute Gasteiger partial charge is 0.374 e. The smallest absolute Gasteiger partial charge is 0.214 e. The third-order valence-electron chi connectivity index (χ3n) is 1.84. The maximum atomic E-state index is 10.8. The molecule has 1 saturated heterocycles. The van der Waals surface area contributed by atoms with Crippen LogP contribution in [0.5, 0.6) is 0 Å². The molecule has 1 atom stereocenters. The van der Waals surface area contributed by atoms with Gasteiger partial charge in [0, 0.05) is 0 Å². The summed E-state index contributed by atoms with van der Waals surface area (Å²) in [6.07, 6.45) is 0.492. The van der Waals surface area contributed by atoms with Crippen LogP contribution in [0.25, 0.3) is 0 Å². The summed E-state index contributed by atoms with van der Waals surface area (Å²) in [5.41, 5.74) is -0.336. The van der Waals surface area contributed by atoms with Crippen LogP contribution in [0.15, 0.2) is 0 Å². The van der Waals surface area contributed by atoms with Crippen molar-refractivity contribution in [3.05, 3.63) is 0 Å². The van der Waals surface area contributed by atoms with Gasteiger partial charge in [-0.2, -0.15) is 0 Å². The van der Waals surface area contributed by atoms with Crippen LogP contribution in [0.2, 0.25) is 0 Å². The first-order valence-corrected chi connectivity index (χ1v) is 5.08. The van der Waals surface area contributed by atoms with Crippen LogP contribution in [-0.2, 0) is 14.8 Å². The zero-order valence-electron chi connectivity index (χ0n) is 6.70. The van der Waals surface area contributed by atoms with Crippen LogP contribution < -0.4 is 5.14 Å². The minimum atomic E-state index is -3.40. The topological polar surface area (TPSA) is 69.4 Å². The highest BCUT2D eigenvalue weighted by Crippen LogP contribution is 2.27. The first kappa shape index (κ1) is 8.96. The molecule has 1 heterocycles. The predicted molar refractivity (Wildman–Crippen MR) is 41.5 cm³/mol. The first-order chi connectivity index (χ1) is 4.81. The molecule has 0 spiro atoms. The van der Waals surface area contributed by atoms with Crippen molar-refractivity contribution in [3.63, 3.8) is 0 Å². The van der Waals surface area contributed by atoms with Gasteiger partial charge in [0.15, 0.2) is 0 Å². The molecule has 0 bridgehead atoms. The van der Waals surface area contributed by atoms with E-state index in [1.54, 1.807) is 0 Å². The van der Waals surface area contributed by atoms with Crippen molar-refractivity contribution in [2.75, 3.05) is 6.61 Å². The number of ether oxygens (including phenoxy) is 1. The first-order valence-electron chi connectivity index (χ1n) is 3.47. The Labute approximate surface area is 66.8 Å². The maximum Gasteiger partial charge on any atom is 0.214 e. The highest BCUT2D eigenvalue weighted by Gasteiger charge is 2.37. The summed E-state index contributed by atoms with van der Waals surface area (Å²) in [7, 11) is -3.40. The molecule has 0 aliphatic carbocycles. The molecule has 0 radical (unpaired) electrons. The summed E-state index contributed by atoms with van der Waals surface area (Å²) in [4.78, 5) is 0. The van der Waals surface area contributed by atoms with Crippen molar-refractivity contribution >= 4 is 10.0 Å². The third kappa shape index (κ3) is 2.15. The average Bonchev–Trinajstić information content (AvgIpc) is 2.07. The quantitative estimate of drug-likeness (QED) is 0.608. The minimum Gasteiger partial charge on any atom is -0.374 e. The third-order valence-corrected chi connectivity index (χ3v) is 3.08. The Morgan fingerprint density at radius 2 is 2.09 bits per heavy atom. The lowest BCUT2D eigenvalue weighted by molar-refractivity contribution is 0.0368. The van der Waals surface area contributed by atoms with E-state index in [-0.39, 0.29) is 12.2 Å². The van der Waals surface area contributed by atoms with Crippen molar-refractivity contribution in [1.82, 2.24) is 0 Å². The summed E-state index contributed by atoms with van der Waals surface area (Å²) in [5, 5.41) is 4.44. The predicted octanol–water partition coefficient (Wildman–Crippen LogP) is -0.158. The maximum absolute atomic E-state index is 10.8. The number of hydrogen-bond acceptors (Lipinski definition) is 3. The Kier molecular flexibility index (Phi) is 1.98. The Bertz CT molecular complexity index is 245. The van der Waals surface area contributed by atoms with E-state index in [0.717, 1.165) is 0 Å². The molecule has 0 aromatic heterocycles. The molecule has 0 saturated carbocycles. The van der Waals surface area contributed by atoms with E-state index in [2.05, 4.69) is 0 Å². The molecule has 1 rings (SSSR count). The van der Waals surface area contributed by atoms with Gasteiger partial charge in [-0.25, -0.2) is 13.6 Å². The Morgan fingerprint density at radius 1 is 1.55 bits per heavy atom. The lowest BCUT2D eigenvalue weighted by atomic mass is 10.1. The van der Waals surface area contributed by atoms with E-state index in [4.69, 9.17) is 9.88 Å². The average molecular weight is 179 g/mol. The van der Waals surface area contributed by atoms with Gasteiger partial charge in [-0.05, 0) is 20.3 Å². The summed E-state index contributed by atoms with van der Waals surface area (Å²) in [6, 6.07) is 0. The minimum absolute atomic E-state index is 0.228. The van der Waals surface area contributed by atoms with Crippen LogP contribution in [0.1, 0.15) is 20.3 Å². The van der Waals surface area contributed by atoms with Gasteiger partial charge in [-0.1, -0.05) is 0 Å². The van der Waals surface area contributed by atoms with Crippen LogP contribution in [0, 0.1) is 0 Å². The highest BCUT2D eigenvalue weighted by molar-refractivity contribution is 7.89. The summed E-state index contributed by atoms with van der Waals surface area (Å²) in [5.74, 6) is 0. The molecule has 0 aromatic rings. The van der Waals surface area contributed by atoms with Crippen LogP contribution in [-0.4, -0.2) is 25.9 Å². The number of rotatable bonds is 1. The number of hydrogen-bond donors (Lipinski definition) is 1. The van der Waals surface area contributed by atoms with Gasteiger partial charge >= 0.3 is 0 Å². The molecular formula is C6H13NO3S. The standard InChI is InChI=1S/C6H13NO3S/c1-6(2)3-5(4-10-6)11(7,8)9/h5H,3-4H2,1-2H3,(H2,7,8,9)/t5-/m0/s1. The van der Waals surface area contributed by atoms with Gasteiger partial charge in [-0.3, -0.25) is 0 Å². The zero-order chi connectivity index (χ0) is 8.70. The fraction of sp³-hybridized carbons (Fsp3) is 1.00. The summed E-state index contributed by atoms with van der Waals surface area (Å²) in [6.45, 7) is 3.95. The van der Waals surface area contributed by atoms with Crippen molar-refractivity contribution in [1.29, 1.82) is 0 Å². The molecule has 66 valence electrons. The van der Waals surface area contributed by atoms with Gasteiger partial charge in [0.1, 0.15) is 5.25 Å². The molecular weight excluding hydrogens is 166 g/mol. The monoisotopic (exact) mass is 179 g/mol. The Morgan fingerprint density at radius 3 is 2.27 bits per heavy atom. The lowest BCUT2D eigenvalue weighted by Crippen LogP contribution is -2.29. The fourth-order valence-corrected chi connectivity index (χ4v) is 2.09. The van der Waals surface area contributed by atoms with E-state index in [1.807, 2.05) is 13.8 Å². The van der Waals surface area contributed by atoms with E-state index in [9.17, 15) is 8.42 Å². The fourth-order valence-electron chi connectivity index (χ4n) is 1.20. The molecule has 0 aromatic carbocycles. The van der Waals surface area contributed by atoms with Gasteiger partial charge in [0.05, 0.1) is 12.2 Å². The molecule has 0 unspecified atom stereocenters. The van der Waals surface area contributed by atoms with E-state index in [0.29, 0.717) is 6.42 Å². The molecule has 1 fully saturated rings. The second-order valence-electron chi connectivity index (χ2n) is 3.49. The number of primary sulfonamides is 1. The molecule has 4 nitrogen and oxygen atoms in total. The van der Waals surface area contributed by atoms with Gasteiger partial charge in [0.2, 0.25) is 10.0 Å². The Hall–Kier alpha value is -0.130. The highest BCUT2D eigenvalue weighted by atomic mass is 32.2. The zero-order valence-corrected chi connectivity index (χ0v) is 7.52.